The third-order valence-corrected chi connectivity index (χ3v) is 4.85. The Morgan fingerprint density at radius 3 is 2.65 bits per heavy atom. The standard InChI is InChI=1S/C18H19NO4/c1-22-13-8-10-5-6-19-11-7-9-3-4-12(20)18(23-2)15(9)16(14(10)11)17(13)21/h3-4,8,11,19-21H,5-7H2,1-2H3. The quantitative estimate of drug-likeness (QED) is 0.795. The minimum absolute atomic E-state index is 0.0736. The molecule has 0 saturated heterocycles. The van der Waals surface area contributed by atoms with Gasteiger partial charge < -0.3 is 25.0 Å². The first kappa shape index (κ1) is 14.2. The van der Waals surface area contributed by atoms with Crippen LogP contribution in [0.25, 0.3) is 11.1 Å². The molecule has 4 rings (SSSR count). The van der Waals surface area contributed by atoms with E-state index in [4.69, 9.17) is 9.47 Å². The second-order valence-electron chi connectivity index (χ2n) is 5.99. The molecule has 0 saturated carbocycles. The molecule has 1 aliphatic heterocycles. The summed E-state index contributed by atoms with van der Waals surface area (Å²) < 4.78 is 10.8. The van der Waals surface area contributed by atoms with E-state index in [9.17, 15) is 10.2 Å². The number of nitrogens with one attached hydrogen (secondary N) is 1. The zero-order valence-corrected chi connectivity index (χ0v) is 13.1. The van der Waals surface area contributed by atoms with E-state index in [1.807, 2.05) is 12.1 Å². The number of fused-ring (bicyclic) bond motifs is 2. The van der Waals surface area contributed by atoms with E-state index >= 15 is 0 Å². The van der Waals surface area contributed by atoms with Gasteiger partial charge in [-0.15, -0.1) is 0 Å². The van der Waals surface area contributed by atoms with Crippen LogP contribution >= 0.6 is 0 Å². The maximum absolute atomic E-state index is 10.8. The Balaban J connectivity index is 2.12. The minimum Gasteiger partial charge on any atom is -0.504 e. The number of hydrogen-bond acceptors (Lipinski definition) is 5. The number of rotatable bonds is 2. The first-order chi connectivity index (χ1) is 11.2. The van der Waals surface area contributed by atoms with Gasteiger partial charge in [0.25, 0.3) is 0 Å². The van der Waals surface area contributed by atoms with Gasteiger partial charge in [0, 0.05) is 17.2 Å². The molecule has 1 atom stereocenters. The molecular formula is C18H19NO4. The van der Waals surface area contributed by atoms with Gasteiger partial charge >= 0.3 is 0 Å². The van der Waals surface area contributed by atoms with Crippen molar-refractivity contribution >= 4 is 0 Å². The van der Waals surface area contributed by atoms with E-state index in [1.165, 1.54) is 12.7 Å². The molecule has 2 aromatic carbocycles. The molecule has 1 heterocycles. The molecule has 0 bridgehead atoms. The van der Waals surface area contributed by atoms with Crippen molar-refractivity contribution in [3.05, 3.63) is 34.9 Å². The lowest BCUT2D eigenvalue weighted by Crippen LogP contribution is -2.33. The van der Waals surface area contributed by atoms with Crippen molar-refractivity contribution in [1.29, 1.82) is 0 Å². The minimum atomic E-state index is 0.0736. The highest BCUT2D eigenvalue weighted by atomic mass is 16.5. The Kier molecular flexibility index (Phi) is 3.13. The van der Waals surface area contributed by atoms with Gasteiger partial charge in [0.2, 0.25) is 0 Å². The first-order valence-corrected chi connectivity index (χ1v) is 7.71. The first-order valence-electron chi connectivity index (χ1n) is 7.71. The summed E-state index contributed by atoms with van der Waals surface area (Å²) in [7, 11) is 3.08. The van der Waals surface area contributed by atoms with Crippen LogP contribution in [0.15, 0.2) is 18.2 Å². The van der Waals surface area contributed by atoms with E-state index < -0.39 is 0 Å². The summed E-state index contributed by atoms with van der Waals surface area (Å²) in [6.45, 7) is 0.898. The third-order valence-electron chi connectivity index (χ3n) is 4.85. The van der Waals surface area contributed by atoms with Gasteiger partial charge in [-0.1, -0.05) is 6.07 Å². The van der Waals surface area contributed by atoms with Gasteiger partial charge in [-0.05, 0) is 48.2 Å². The Morgan fingerprint density at radius 2 is 1.91 bits per heavy atom. The van der Waals surface area contributed by atoms with Gasteiger partial charge in [-0.25, -0.2) is 0 Å². The van der Waals surface area contributed by atoms with Crippen LogP contribution in [-0.2, 0) is 12.8 Å². The smallest absolute Gasteiger partial charge is 0.168 e. The average Bonchev–Trinajstić information content (AvgIpc) is 2.57. The van der Waals surface area contributed by atoms with Crippen molar-refractivity contribution in [2.75, 3.05) is 20.8 Å². The van der Waals surface area contributed by atoms with E-state index in [0.717, 1.165) is 36.1 Å². The Labute approximate surface area is 134 Å². The summed E-state index contributed by atoms with van der Waals surface area (Å²) in [5, 5.41) is 24.4. The Hall–Kier alpha value is -2.40. The predicted molar refractivity (Wildman–Crippen MR) is 86.5 cm³/mol. The van der Waals surface area contributed by atoms with Crippen molar-refractivity contribution < 1.29 is 19.7 Å². The molecule has 23 heavy (non-hydrogen) atoms. The fourth-order valence-electron chi connectivity index (χ4n) is 3.87. The molecular weight excluding hydrogens is 294 g/mol. The topological polar surface area (TPSA) is 71.0 Å². The van der Waals surface area contributed by atoms with Gasteiger partial charge in [-0.3, -0.25) is 0 Å². The second-order valence-corrected chi connectivity index (χ2v) is 5.99. The molecule has 0 radical (unpaired) electrons. The molecule has 1 aliphatic carbocycles. The molecule has 2 aliphatic rings. The number of benzene rings is 2. The highest BCUT2D eigenvalue weighted by molar-refractivity contribution is 5.88. The lowest BCUT2D eigenvalue weighted by molar-refractivity contribution is 0.365. The third kappa shape index (κ3) is 1.90. The van der Waals surface area contributed by atoms with Gasteiger partial charge in [0.1, 0.15) is 0 Å². The Bertz CT molecular complexity index is 800. The number of phenolic OH excluding ortho intramolecular Hbond substituents is 2. The highest BCUT2D eigenvalue weighted by Gasteiger charge is 2.35. The summed E-state index contributed by atoms with van der Waals surface area (Å²) in [6.07, 6.45) is 1.68. The predicted octanol–water partition coefficient (Wildman–Crippen LogP) is 2.52. The number of phenols is 2. The molecule has 1 unspecified atom stereocenters. The average molecular weight is 313 g/mol. The van der Waals surface area contributed by atoms with Crippen molar-refractivity contribution in [1.82, 2.24) is 5.32 Å². The van der Waals surface area contributed by atoms with Gasteiger partial charge in [-0.2, -0.15) is 0 Å². The van der Waals surface area contributed by atoms with Crippen LogP contribution in [0.5, 0.6) is 23.0 Å². The maximum atomic E-state index is 10.8. The van der Waals surface area contributed by atoms with Crippen LogP contribution in [0.3, 0.4) is 0 Å². The second kappa shape index (κ2) is 5.06. The van der Waals surface area contributed by atoms with Crippen LogP contribution < -0.4 is 14.8 Å². The van der Waals surface area contributed by atoms with Crippen LogP contribution in [-0.4, -0.2) is 31.0 Å². The number of ether oxygens (including phenoxy) is 2. The summed E-state index contributed by atoms with van der Waals surface area (Å²) in [5.74, 6) is 1.03. The largest absolute Gasteiger partial charge is 0.504 e. The van der Waals surface area contributed by atoms with Gasteiger partial charge in [0.15, 0.2) is 23.0 Å². The van der Waals surface area contributed by atoms with Crippen molar-refractivity contribution in [2.24, 2.45) is 0 Å². The Morgan fingerprint density at radius 1 is 1.09 bits per heavy atom. The fourth-order valence-corrected chi connectivity index (χ4v) is 3.87. The fraction of sp³-hybridized carbons (Fsp3) is 0.333. The molecule has 5 nitrogen and oxygen atoms in total. The molecule has 0 fully saturated rings. The van der Waals surface area contributed by atoms with E-state index in [-0.39, 0.29) is 17.5 Å². The summed E-state index contributed by atoms with van der Waals surface area (Å²) in [5.41, 5.74) is 4.78. The maximum Gasteiger partial charge on any atom is 0.168 e. The zero-order chi connectivity index (χ0) is 16.1. The number of hydrogen-bond donors (Lipinski definition) is 3. The molecule has 2 aromatic rings. The van der Waals surface area contributed by atoms with Gasteiger partial charge in [0.05, 0.1) is 14.2 Å². The molecule has 0 aromatic heterocycles. The number of methoxy groups -OCH3 is 2. The van der Waals surface area contributed by atoms with E-state index in [0.29, 0.717) is 17.1 Å². The normalized spacial score (nSPS) is 18.1. The summed E-state index contributed by atoms with van der Waals surface area (Å²) >= 11 is 0. The monoisotopic (exact) mass is 313 g/mol. The zero-order valence-electron chi connectivity index (χ0n) is 13.1. The van der Waals surface area contributed by atoms with E-state index in [1.54, 1.807) is 13.2 Å². The van der Waals surface area contributed by atoms with Crippen LogP contribution in [0.2, 0.25) is 0 Å². The van der Waals surface area contributed by atoms with Crippen molar-refractivity contribution in [3.63, 3.8) is 0 Å². The van der Waals surface area contributed by atoms with Crippen molar-refractivity contribution in [2.45, 2.75) is 18.9 Å². The lowest BCUT2D eigenvalue weighted by Gasteiger charge is -2.35. The highest BCUT2D eigenvalue weighted by Crippen LogP contribution is 2.54. The van der Waals surface area contributed by atoms with Crippen LogP contribution in [0, 0.1) is 0 Å². The summed E-state index contributed by atoms with van der Waals surface area (Å²) in [6, 6.07) is 5.61. The van der Waals surface area contributed by atoms with Crippen molar-refractivity contribution in [3.8, 4) is 34.1 Å². The molecule has 5 heteroatoms. The molecule has 0 amide bonds. The van der Waals surface area contributed by atoms with Crippen LogP contribution in [0.4, 0.5) is 0 Å². The molecule has 120 valence electrons. The SMILES string of the molecule is COc1cc2c3c(c1O)-c1c(ccc(O)c1OC)CC3NCC2. The van der Waals surface area contributed by atoms with Crippen LogP contribution in [0.1, 0.15) is 22.7 Å². The molecule has 0 spiro atoms. The number of aromatic hydroxyl groups is 2. The molecule has 3 N–H and O–H groups in total. The van der Waals surface area contributed by atoms with E-state index in [2.05, 4.69) is 5.32 Å². The lowest BCUT2D eigenvalue weighted by atomic mass is 9.77. The summed E-state index contributed by atoms with van der Waals surface area (Å²) in [4.78, 5) is 0.